The first kappa shape index (κ1) is 13.9. The molecular formula is C15H17N7O. The third-order valence-electron chi connectivity index (χ3n) is 4.10. The van der Waals surface area contributed by atoms with Gasteiger partial charge in [0.1, 0.15) is 0 Å². The highest BCUT2D eigenvalue weighted by Crippen LogP contribution is 2.20. The van der Waals surface area contributed by atoms with Crippen LogP contribution in [0.2, 0.25) is 0 Å². The first-order chi connectivity index (χ1) is 11.3. The predicted octanol–water partition coefficient (Wildman–Crippen LogP) is 1.33. The van der Waals surface area contributed by atoms with Gasteiger partial charge >= 0.3 is 0 Å². The number of carbonyl (C=O) groups is 1. The summed E-state index contributed by atoms with van der Waals surface area (Å²) >= 11 is 0. The summed E-state index contributed by atoms with van der Waals surface area (Å²) in [6.07, 6.45) is 8.93. The lowest BCUT2D eigenvalue weighted by Gasteiger charge is -2.22. The van der Waals surface area contributed by atoms with Gasteiger partial charge in [-0.25, -0.2) is 0 Å². The van der Waals surface area contributed by atoms with Crippen LogP contribution >= 0.6 is 0 Å². The Morgan fingerprint density at radius 3 is 3.22 bits per heavy atom. The van der Waals surface area contributed by atoms with Gasteiger partial charge in [-0.3, -0.25) is 19.6 Å². The predicted molar refractivity (Wildman–Crippen MR) is 85.2 cm³/mol. The average molecular weight is 311 g/mol. The van der Waals surface area contributed by atoms with Gasteiger partial charge in [0.2, 0.25) is 0 Å². The van der Waals surface area contributed by atoms with E-state index in [9.17, 15) is 4.79 Å². The molecule has 1 fully saturated rings. The molecule has 1 atom stereocenters. The quantitative estimate of drug-likeness (QED) is 0.677. The molecule has 0 aromatic carbocycles. The molecule has 8 heteroatoms. The van der Waals surface area contributed by atoms with Gasteiger partial charge in [0.15, 0.2) is 5.82 Å². The Labute approximate surface area is 132 Å². The van der Waals surface area contributed by atoms with Crippen LogP contribution in [-0.2, 0) is 0 Å². The zero-order valence-electron chi connectivity index (χ0n) is 12.5. The zero-order valence-corrected chi connectivity index (χ0v) is 12.5. The van der Waals surface area contributed by atoms with Crippen molar-refractivity contribution in [2.24, 2.45) is 0 Å². The molecule has 1 amide bonds. The molecule has 0 spiro atoms. The Morgan fingerprint density at radius 1 is 1.39 bits per heavy atom. The Kier molecular flexibility index (Phi) is 3.51. The van der Waals surface area contributed by atoms with E-state index >= 15 is 0 Å². The van der Waals surface area contributed by atoms with Crippen molar-refractivity contribution >= 4 is 22.6 Å². The van der Waals surface area contributed by atoms with Crippen molar-refractivity contribution in [2.75, 3.05) is 18.4 Å². The Morgan fingerprint density at radius 2 is 2.35 bits per heavy atom. The molecule has 8 nitrogen and oxygen atoms in total. The Hall–Kier alpha value is -2.74. The minimum absolute atomic E-state index is 0.217. The minimum atomic E-state index is -0.217. The summed E-state index contributed by atoms with van der Waals surface area (Å²) < 4.78 is 1.87. The maximum absolute atomic E-state index is 12.4. The van der Waals surface area contributed by atoms with E-state index in [1.54, 1.807) is 24.8 Å². The van der Waals surface area contributed by atoms with Crippen LogP contribution in [0.3, 0.4) is 0 Å². The fourth-order valence-corrected chi connectivity index (χ4v) is 2.86. The number of hydrogen-bond donors (Lipinski definition) is 3. The average Bonchev–Trinajstić information content (AvgIpc) is 3.24. The largest absolute Gasteiger partial charge is 0.315 e. The number of amides is 1. The SMILES string of the molecule is O=C(Nc1n[nH]c2cnccc12)c1cnn(C2CCCNC2)c1. The third kappa shape index (κ3) is 2.68. The first-order valence-corrected chi connectivity index (χ1v) is 7.65. The highest BCUT2D eigenvalue weighted by Gasteiger charge is 2.18. The van der Waals surface area contributed by atoms with Crippen molar-refractivity contribution in [2.45, 2.75) is 18.9 Å². The van der Waals surface area contributed by atoms with Crippen LogP contribution in [0.15, 0.2) is 30.9 Å². The number of nitrogens with one attached hydrogen (secondary N) is 3. The summed E-state index contributed by atoms with van der Waals surface area (Å²) in [5, 5.41) is 18.3. The number of hydrogen-bond acceptors (Lipinski definition) is 5. The number of H-pyrrole nitrogens is 1. The molecule has 0 bridgehead atoms. The molecule has 1 unspecified atom stereocenters. The lowest BCUT2D eigenvalue weighted by molar-refractivity contribution is 0.102. The van der Waals surface area contributed by atoms with Crippen molar-refractivity contribution in [1.29, 1.82) is 0 Å². The monoisotopic (exact) mass is 311 g/mol. The number of carbonyl (C=O) groups excluding carboxylic acids is 1. The van der Waals surface area contributed by atoms with Crippen molar-refractivity contribution < 1.29 is 4.79 Å². The number of aromatic amines is 1. The van der Waals surface area contributed by atoms with Gasteiger partial charge in [-0.1, -0.05) is 0 Å². The van der Waals surface area contributed by atoms with Crippen LogP contribution in [-0.4, -0.2) is 44.0 Å². The molecule has 1 aliphatic heterocycles. The second kappa shape index (κ2) is 5.81. The summed E-state index contributed by atoms with van der Waals surface area (Å²) in [6, 6.07) is 2.12. The third-order valence-corrected chi connectivity index (χ3v) is 4.10. The summed E-state index contributed by atoms with van der Waals surface area (Å²) in [7, 11) is 0. The molecule has 3 aromatic rings. The van der Waals surface area contributed by atoms with Crippen LogP contribution in [0.1, 0.15) is 29.2 Å². The molecule has 23 heavy (non-hydrogen) atoms. The van der Waals surface area contributed by atoms with Crippen LogP contribution < -0.4 is 10.6 Å². The van der Waals surface area contributed by atoms with Crippen LogP contribution in [0.4, 0.5) is 5.82 Å². The summed E-state index contributed by atoms with van der Waals surface area (Å²) in [5.74, 6) is 0.282. The number of anilines is 1. The highest BCUT2D eigenvalue weighted by atomic mass is 16.1. The van der Waals surface area contributed by atoms with Crippen molar-refractivity contribution in [3.8, 4) is 0 Å². The molecular weight excluding hydrogens is 294 g/mol. The molecule has 3 aromatic heterocycles. The molecule has 1 aliphatic rings. The van der Waals surface area contributed by atoms with Gasteiger partial charge in [0.25, 0.3) is 5.91 Å². The van der Waals surface area contributed by atoms with Crippen LogP contribution in [0.25, 0.3) is 10.9 Å². The van der Waals surface area contributed by atoms with E-state index in [1.807, 2.05) is 10.7 Å². The number of piperidine rings is 1. The van der Waals surface area contributed by atoms with Crippen LogP contribution in [0.5, 0.6) is 0 Å². The van der Waals surface area contributed by atoms with Gasteiger partial charge in [-0.2, -0.15) is 10.2 Å². The molecule has 3 N–H and O–H groups in total. The lowest BCUT2D eigenvalue weighted by atomic mass is 10.1. The van der Waals surface area contributed by atoms with Crippen molar-refractivity contribution in [3.05, 3.63) is 36.4 Å². The molecule has 1 saturated heterocycles. The number of nitrogens with zero attached hydrogens (tertiary/aromatic N) is 4. The second-order valence-electron chi connectivity index (χ2n) is 5.66. The van der Waals surface area contributed by atoms with E-state index < -0.39 is 0 Å². The number of aromatic nitrogens is 5. The normalized spacial score (nSPS) is 18.2. The Bertz CT molecular complexity index is 831. The number of fused-ring (bicyclic) bond motifs is 1. The molecule has 0 aliphatic carbocycles. The minimum Gasteiger partial charge on any atom is -0.315 e. The topological polar surface area (TPSA) is 101 Å². The van der Waals surface area contributed by atoms with Gasteiger partial charge in [-0.05, 0) is 25.5 Å². The number of rotatable bonds is 3. The molecule has 118 valence electrons. The summed E-state index contributed by atoms with van der Waals surface area (Å²) in [6.45, 7) is 1.94. The first-order valence-electron chi connectivity index (χ1n) is 7.65. The van der Waals surface area contributed by atoms with Gasteiger partial charge in [0, 0.05) is 24.3 Å². The van der Waals surface area contributed by atoms with Crippen molar-refractivity contribution in [3.63, 3.8) is 0 Å². The standard InChI is InChI=1S/C15H17N7O/c23-15(19-14-12-3-5-17-8-13(12)20-21-14)10-6-18-22(9-10)11-2-1-4-16-7-11/h3,5-6,8-9,11,16H,1-2,4,7H2,(H2,19,20,21,23). The molecule has 4 rings (SSSR count). The van der Waals surface area contributed by atoms with Gasteiger partial charge in [0.05, 0.1) is 29.5 Å². The Balaban J connectivity index is 1.52. The summed E-state index contributed by atoms with van der Waals surface area (Å²) in [5.41, 5.74) is 1.31. The van der Waals surface area contributed by atoms with E-state index in [4.69, 9.17) is 0 Å². The fraction of sp³-hybridized carbons (Fsp3) is 0.333. The summed E-state index contributed by atoms with van der Waals surface area (Å²) in [4.78, 5) is 16.4. The molecule has 4 heterocycles. The second-order valence-corrected chi connectivity index (χ2v) is 5.66. The number of pyridine rings is 1. The highest BCUT2D eigenvalue weighted by molar-refractivity contribution is 6.07. The maximum Gasteiger partial charge on any atom is 0.260 e. The molecule has 0 radical (unpaired) electrons. The van der Waals surface area contributed by atoms with E-state index in [-0.39, 0.29) is 5.91 Å². The smallest absolute Gasteiger partial charge is 0.260 e. The lowest BCUT2D eigenvalue weighted by Crippen LogP contribution is -2.31. The van der Waals surface area contributed by atoms with Gasteiger partial charge in [-0.15, -0.1) is 0 Å². The van der Waals surface area contributed by atoms with Crippen molar-refractivity contribution in [1.82, 2.24) is 30.3 Å². The maximum atomic E-state index is 12.4. The van der Waals surface area contributed by atoms with E-state index in [2.05, 4.69) is 30.9 Å². The van der Waals surface area contributed by atoms with E-state index in [1.165, 1.54) is 0 Å². The van der Waals surface area contributed by atoms with Crippen LogP contribution in [0, 0.1) is 0 Å². The molecule has 0 saturated carbocycles. The van der Waals surface area contributed by atoms with E-state index in [0.717, 1.165) is 36.8 Å². The van der Waals surface area contributed by atoms with E-state index in [0.29, 0.717) is 17.4 Å². The fourth-order valence-electron chi connectivity index (χ4n) is 2.86. The van der Waals surface area contributed by atoms with Gasteiger partial charge < -0.3 is 10.6 Å². The zero-order chi connectivity index (χ0) is 15.6.